The fraction of sp³-hybridized carbons (Fsp3) is 0.412. The highest BCUT2D eigenvalue weighted by atomic mass is 79.9. The van der Waals surface area contributed by atoms with E-state index in [2.05, 4.69) is 50.2 Å². The Morgan fingerprint density at radius 2 is 1.71 bits per heavy atom. The van der Waals surface area contributed by atoms with Crippen molar-refractivity contribution in [3.63, 3.8) is 0 Å². The predicted molar refractivity (Wildman–Crippen MR) is 89.3 cm³/mol. The van der Waals surface area contributed by atoms with Crippen LogP contribution in [-0.2, 0) is 12.8 Å². The van der Waals surface area contributed by atoms with Crippen LogP contribution in [0.15, 0.2) is 28.9 Å². The molecule has 0 radical (unpaired) electrons. The fourth-order valence-electron chi connectivity index (χ4n) is 2.65. The Labute approximate surface area is 134 Å². The lowest BCUT2D eigenvalue weighted by molar-refractivity contribution is 0.912. The number of anilines is 1. The first-order valence-electron chi connectivity index (χ1n) is 7.51. The third-order valence-corrected chi connectivity index (χ3v) is 4.65. The van der Waals surface area contributed by atoms with Gasteiger partial charge in [-0.3, -0.25) is 0 Å². The van der Waals surface area contributed by atoms with Crippen molar-refractivity contribution in [3.05, 3.63) is 51.4 Å². The van der Waals surface area contributed by atoms with Crippen molar-refractivity contribution in [2.75, 3.05) is 5.73 Å². The van der Waals surface area contributed by atoms with E-state index in [1.165, 1.54) is 32.1 Å². The van der Waals surface area contributed by atoms with E-state index < -0.39 is 0 Å². The van der Waals surface area contributed by atoms with E-state index in [1.54, 1.807) is 11.1 Å². The van der Waals surface area contributed by atoms with Gasteiger partial charge in [-0.2, -0.15) is 0 Å². The Morgan fingerprint density at radius 1 is 1.10 bits per heavy atom. The fourth-order valence-corrected chi connectivity index (χ4v) is 3.33. The number of benzene rings is 1. The quantitative estimate of drug-likeness (QED) is 0.843. The summed E-state index contributed by atoms with van der Waals surface area (Å²) in [7, 11) is 0. The third kappa shape index (κ3) is 3.43. The van der Waals surface area contributed by atoms with E-state index in [1.807, 2.05) is 6.92 Å². The number of halogens is 1. The Bertz CT molecular complexity index is 627. The van der Waals surface area contributed by atoms with Crippen molar-refractivity contribution in [2.24, 2.45) is 0 Å². The highest BCUT2D eigenvalue weighted by Crippen LogP contribution is 2.41. The largest absolute Gasteiger partial charge is 0.382 e. The summed E-state index contributed by atoms with van der Waals surface area (Å²) in [6.45, 7) is 1.86. The molecule has 2 aliphatic rings. The van der Waals surface area contributed by atoms with Crippen LogP contribution in [0.3, 0.4) is 0 Å². The lowest BCUT2D eigenvalue weighted by atomic mass is 10.1. The number of nitrogen functional groups attached to an aromatic ring is 1. The minimum atomic E-state index is 0.556. The molecule has 4 rings (SSSR count). The number of aromatic nitrogens is 2. The summed E-state index contributed by atoms with van der Waals surface area (Å²) >= 11 is 3.39. The molecule has 1 fully saturated rings. The first kappa shape index (κ1) is 14.5. The molecule has 110 valence electrons. The van der Waals surface area contributed by atoms with Crippen molar-refractivity contribution in [1.82, 2.24) is 9.97 Å². The molecule has 4 heteroatoms. The first-order valence-corrected chi connectivity index (χ1v) is 8.30. The third-order valence-electron chi connectivity index (χ3n) is 4.06. The van der Waals surface area contributed by atoms with E-state index in [9.17, 15) is 0 Å². The standard InChI is InChI=1S/C9H10.C8H10BrN3/c1-2-5-9-7-3-6-8(9)4-1;1-4-8(10)12-6(5-2-3-5)7(9)11-4/h1-2,4-5H,3,6-7H2;5H,2-3H2,1H3,(H2,10,12). The van der Waals surface area contributed by atoms with Gasteiger partial charge < -0.3 is 5.73 Å². The zero-order chi connectivity index (χ0) is 14.8. The zero-order valence-corrected chi connectivity index (χ0v) is 13.9. The highest BCUT2D eigenvalue weighted by molar-refractivity contribution is 9.10. The van der Waals surface area contributed by atoms with Gasteiger partial charge in [0.05, 0.1) is 11.4 Å². The first-order chi connectivity index (χ1) is 10.1. The van der Waals surface area contributed by atoms with E-state index in [-0.39, 0.29) is 0 Å². The number of aryl methyl sites for hydroxylation is 3. The normalized spacial score (nSPS) is 16.1. The molecule has 1 aromatic carbocycles. The maximum atomic E-state index is 5.66. The lowest BCUT2D eigenvalue weighted by Gasteiger charge is -2.04. The van der Waals surface area contributed by atoms with Gasteiger partial charge in [0.1, 0.15) is 10.4 Å². The molecule has 21 heavy (non-hydrogen) atoms. The van der Waals surface area contributed by atoms with Gasteiger partial charge in [-0.15, -0.1) is 0 Å². The van der Waals surface area contributed by atoms with Crippen molar-refractivity contribution in [2.45, 2.75) is 44.9 Å². The van der Waals surface area contributed by atoms with Crippen LogP contribution in [0.25, 0.3) is 0 Å². The second kappa shape index (κ2) is 6.14. The van der Waals surface area contributed by atoms with Crippen LogP contribution in [0.1, 0.15) is 47.7 Å². The Morgan fingerprint density at radius 3 is 2.29 bits per heavy atom. The molecule has 1 saturated carbocycles. The van der Waals surface area contributed by atoms with Crippen molar-refractivity contribution in [1.29, 1.82) is 0 Å². The van der Waals surface area contributed by atoms with Gasteiger partial charge in [-0.1, -0.05) is 24.3 Å². The molecule has 2 aromatic rings. The summed E-state index contributed by atoms with van der Waals surface area (Å²) in [6.07, 6.45) is 6.40. The average Bonchev–Trinajstić information content (AvgIpc) is 3.20. The van der Waals surface area contributed by atoms with E-state index in [4.69, 9.17) is 5.73 Å². The molecule has 3 nitrogen and oxygen atoms in total. The SMILES string of the molecule is Cc1nc(Br)c(C2CC2)nc1N.c1ccc2c(c1)CCC2. The van der Waals surface area contributed by atoms with Crippen LogP contribution in [0.2, 0.25) is 0 Å². The average molecular weight is 346 g/mol. The van der Waals surface area contributed by atoms with Crippen LogP contribution in [0.5, 0.6) is 0 Å². The molecular weight excluding hydrogens is 326 g/mol. The molecule has 1 aromatic heterocycles. The van der Waals surface area contributed by atoms with Crippen molar-refractivity contribution >= 4 is 21.7 Å². The number of nitrogens with zero attached hydrogens (tertiary/aromatic N) is 2. The second-order valence-corrected chi connectivity index (χ2v) is 6.52. The maximum Gasteiger partial charge on any atom is 0.145 e. The van der Waals surface area contributed by atoms with Gasteiger partial charge >= 0.3 is 0 Å². The summed E-state index contributed by atoms with van der Waals surface area (Å²) in [4.78, 5) is 8.57. The highest BCUT2D eigenvalue weighted by Gasteiger charge is 2.28. The molecule has 2 N–H and O–H groups in total. The number of hydrogen-bond acceptors (Lipinski definition) is 3. The van der Waals surface area contributed by atoms with E-state index in [0.29, 0.717) is 11.7 Å². The van der Waals surface area contributed by atoms with Gasteiger partial charge in [-0.05, 0) is 66.1 Å². The van der Waals surface area contributed by atoms with Crippen LogP contribution in [-0.4, -0.2) is 9.97 Å². The summed E-state index contributed by atoms with van der Waals surface area (Å²) < 4.78 is 0.858. The van der Waals surface area contributed by atoms with E-state index in [0.717, 1.165) is 16.0 Å². The Kier molecular flexibility index (Phi) is 4.24. The lowest BCUT2D eigenvalue weighted by Crippen LogP contribution is -2.01. The molecule has 1 heterocycles. The Balaban J connectivity index is 0.000000131. The number of hydrogen-bond donors (Lipinski definition) is 1. The van der Waals surface area contributed by atoms with Crippen molar-refractivity contribution in [3.8, 4) is 0 Å². The summed E-state index contributed by atoms with van der Waals surface area (Å²) in [5, 5.41) is 0. The summed E-state index contributed by atoms with van der Waals surface area (Å²) in [5.41, 5.74) is 10.6. The van der Waals surface area contributed by atoms with Gasteiger partial charge in [0.15, 0.2) is 0 Å². The topological polar surface area (TPSA) is 51.8 Å². The molecule has 0 saturated heterocycles. The van der Waals surface area contributed by atoms with Crippen LogP contribution in [0.4, 0.5) is 5.82 Å². The van der Waals surface area contributed by atoms with Gasteiger partial charge in [0.2, 0.25) is 0 Å². The molecule has 0 aliphatic heterocycles. The van der Waals surface area contributed by atoms with Crippen LogP contribution >= 0.6 is 15.9 Å². The molecule has 0 unspecified atom stereocenters. The number of rotatable bonds is 1. The predicted octanol–water partition coefficient (Wildman–Crippen LogP) is 4.18. The van der Waals surface area contributed by atoms with E-state index >= 15 is 0 Å². The zero-order valence-electron chi connectivity index (χ0n) is 12.3. The minimum absolute atomic E-state index is 0.556. The smallest absolute Gasteiger partial charge is 0.145 e. The molecule has 0 spiro atoms. The molecule has 2 aliphatic carbocycles. The van der Waals surface area contributed by atoms with Crippen molar-refractivity contribution < 1.29 is 0 Å². The molecule has 0 atom stereocenters. The monoisotopic (exact) mass is 345 g/mol. The summed E-state index contributed by atoms with van der Waals surface area (Å²) in [6, 6.07) is 8.74. The maximum absolute atomic E-state index is 5.66. The second-order valence-electron chi connectivity index (χ2n) is 5.77. The molecular formula is C17H20BrN3. The molecule has 0 bridgehead atoms. The van der Waals surface area contributed by atoms with Crippen LogP contribution in [0, 0.1) is 6.92 Å². The minimum Gasteiger partial charge on any atom is -0.382 e. The number of fused-ring (bicyclic) bond motifs is 1. The van der Waals surface area contributed by atoms with Crippen LogP contribution < -0.4 is 5.73 Å². The molecule has 0 amide bonds. The Hall–Kier alpha value is -1.42. The number of nitrogens with two attached hydrogens (primary N) is 1. The van der Waals surface area contributed by atoms with Gasteiger partial charge in [0, 0.05) is 5.92 Å². The van der Waals surface area contributed by atoms with Gasteiger partial charge in [-0.25, -0.2) is 9.97 Å². The van der Waals surface area contributed by atoms with Gasteiger partial charge in [0.25, 0.3) is 0 Å². The summed E-state index contributed by atoms with van der Waals surface area (Å²) in [5.74, 6) is 1.15.